The molecule has 0 unspecified atom stereocenters. The lowest BCUT2D eigenvalue weighted by Crippen LogP contribution is -2.29. The Bertz CT molecular complexity index is 1250. The van der Waals surface area contributed by atoms with Crippen molar-refractivity contribution < 1.29 is 18.0 Å². The maximum atomic E-state index is 12.5. The highest BCUT2D eigenvalue weighted by Crippen LogP contribution is 2.25. The number of hydrogen-bond acceptors (Lipinski definition) is 4. The molecule has 2 amide bonds. The number of amides is 2. The zero-order valence-corrected chi connectivity index (χ0v) is 17.1. The van der Waals surface area contributed by atoms with Crippen molar-refractivity contribution in [3.63, 3.8) is 0 Å². The van der Waals surface area contributed by atoms with E-state index in [4.69, 9.17) is 0 Å². The van der Waals surface area contributed by atoms with Crippen molar-refractivity contribution in [3.8, 4) is 0 Å². The van der Waals surface area contributed by atoms with Gasteiger partial charge in [-0.3, -0.25) is 9.59 Å². The Morgan fingerprint density at radius 1 is 0.833 bits per heavy atom. The standard InChI is InChI=1S/C22H21N3O4S/c1-14-6-8-19(13-20(14)30(28,29)25-17-10-11-17)24-22(27)21(26)23-18-9-7-15-4-2-3-5-16(15)12-18/h2-9,12-13,17,25H,10-11H2,1H3,(H,23,26)(H,24,27). The Morgan fingerprint density at radius 2 is 1.43 bits per heavy atom. The van der Waals surface area contributed by atoms with Crippen molar-refractivity contribution in [2.24, 2.45) is 0 Å². The van der Waals surface area contributed by atoms with Gasteiger partial charge in [0.25, 0.3) is 0 Å². The molecule has 3 aromatic rings. The summed E-state index contributed by atoms with van der Waals surface area (Å²) < 4.78 is 27.7. The summed E-state index contributed by atoms with van der Waals surface area (Å²) in [4.78, 5) is 24.7. The topological polar surface area (TPSA) is 104 Å². The van der Waals surface area contributed by atoms with Crippen molar-refractivity contribution in [2.45, 2.75) is 30.7 Å². The fourth-order valence-corrected chi connectivity index (χ4v) is 4.67. The molecule has 3 aromatic carbocycles. The van der Waals surface area contributed by atoms with E-state index < -0.39 is 21.8 Å². The van der Waals surface area contributed by atoms with Crippen molar-refractivity contribution in [1.29, 1.82) is 0 Å². The summed E-state index contributed by atoms with van der Waals surface area (Å²) in [6.07, 6.45) is 1.65. The van der Waals surface area contributed by atoms with Gasteiger partial charge in [0, 0.05) is 17.4 Å². The molecule has 0 heterocycles. The third-order valence-corrected chi connectivity index (χ3v) is 6.51. The lowest BCUT2D eigenvalue weighted by Gasteiger charge is -2.12. The molecule has 0 aromatic heterocycles. The van der Waals surface area contributed by atoms with E-state index >= 15 is 0 Å². The zero-order valence-electron chi connectivity index (χ0n) is 16.3. The van der Waals surface area contributed by atoms with Gasteiger partial charge in [-0.1, -0.05) is 36.4 Å². The number of hydrogen-bond donors (Lipinski definition) is 3. The van der Waals surface area contributed by atoms with Crippen LogP contribution in [0.15, 0.2) is 65.6 Å². The van der Waals surface area contributed by atoms with E-state index in [-0.39, 0.29) is 16.6 Å². The zero-order chi connectivity index (χ0) is 21.3. The van der Waals surface area contributed by atoms with E-state index in [0.717, 1.165) is 23.6 Å². The minimum Gasteiger partial charge on any atom is -0.318 e. The molecule has 4 rings (SSSR count). The smallest absolute Gasteiger partial charge is 0.314 e. The van der Waals surface area contributed by atoms with Crippen LogP contribution in [0, 0.1) is 6.92 Å². The summed E-state index contributed by atoms with van der Waals surface area (Å²) in [5, 5.41) is 6.99. The van der Waals surface area contributed by atoms with E-state index in [1.165, 1.54) is 6.07 Å². The summed E-state index contributed by atoms with van der Waals surface area (Å²) >= 11 is 0. The minimum absolute atomic E-state index is 0.0274. The second kappa shape index (κ2) is 7.89. The van der Waals surface area contributed by atoms with Gasteiger partial charge in [0.1, 0.15) is 0 Å². The first kappa shape index (κ1) is 20.1. The van der Waals surface area contributed by atoms with Gasteiger partial charge in [0.2, 0.25) is 10.0 Å². The van der Waals surface area contributed by atoms with Crippen LogP contribution in [0.25, 0.3) is 10.8 Å². The van der Waals surface area contributed by atoms with Gasteiger partial charge in [0.15, 0.2) is 0 Å². The SMILES string of the molecule is Cc1ccc(NC(=O)C(=O)Nc2ccc3ccccc3c2)cc1S(=O)(=O)NC1CC1. The van der Waals surface area contributed by atoms with Crippen molar-refractivity contribution in [3.05, 3.63) is 66.2 Å². The molecule has 7 nitrogen and oxygen atoms in total. The summed E-state index contributed by atoms with van der Waals surface area (Å²) in [6, 6.07) is 17.5. The van der Waals surface area contributed by atoms with E-state index in [2.05, 4.69) is 15.4 Å². The molecule has 1 fully saturated rings. The Balaban J connectivity index is 1.47. The quantitative estimate of drug-likeness (QED) is 0.548. The van der Waals surface area contributed by atoms with Gasteiger partial charge in [0.05, 0.1) is 4.90 Å². The number of aryl methyl sites for hydroxylation is 1. The van der Waals surface area contributed by atoms with Crippen molar-refractivity contribution >= 4 is 44.0 Å². The third-order valence-electron chi connectivity index (χ3n) is 4.85. The van der Waals surface area contributed by atoms with Gasteiger partial charge in [-0.2, -0.15) is 0 Å². The molecule has 1 aliphatic carbocycles. The van der Waals surface area contributed by atoms with Crippen LogP contribution in [0.4, 0.5) is 11.4 Å². The number of anilines is 2. The first-order valence-corrected chi connectivity index (χ1v) is 11.0. The van der Waals surface area contributed by atoms with Crippen LogP contribution in [0.3, 0.4) is 0 Å². The molecule has 0 radical (unpaired) electrons. The number of sulfonamides is 1. The molecule has 0 saturated heterocycles. The summed E-state index contributed by atoms with van der Waals surface area (Å²) in [5.41, 5.74) is 1.28. The fourth-order valence-electron chi connectivity index (χ4n) is 3.09. The highest BCUT2D eigenvalue weighted by Gasteiger charge is 2.29. The third kappa shape index (κ3) is 4.50. The van der Waals surface area contributed by atoms with E-state index in [9.17, 15) is 18.0 Å². The summed E-state index contributed by atoms with van der Waals surface area (Å²) in [7, 11) is -3.68. The molecule has 1 saturated carbocycles. The van der Waals surface area contributed by atoms with E-state index in [0.29, 0.717) is 11.3 Å². The molecule has 30 heavy (non-hydrogen) atoms. The van der Waals surface area contributed by atoms with Crippen LogP contribution < -0.4 is 15.4 Å². The average molecular weight is 423 g/mol. The number of nitrogens with one attached hydrogen (secondary N) is 3. The van der Waals surface area contributed by atoms with Gasteiger partial charge in [-0.05, 0) is 60.4 Å². The normalized spacial score (nSPS) is 13.8. The van der Waals surface area contributed by atoms with Gasteiger partial charge >= 0.3 is 11.8 Å². The van der Waals surface area contributed by atoms with Crippen LogP contribution in [0.5, 0.6) is 0 Å². The van der Waals surface area contributed by atoms with Crippen LogP contribution in [-0.2, 0) is 19.6 Å². The highest BCUT2D eigenvalue weighted by atomic mass is 32.2. The van der Waals surface area contributed by atoms with Crippen molar-refractivity contribution in [2.75, 3.05) is 10.6 Å². The molecule has 3 N–H and O–H groups in total. The molecule has 1 aliphatic rings. The molecule has 0 aliphatic heterocycles. The number of carbonyl (C=O) groups excluding carboxylic acids is 2. The highest BCUT2D eigenvalue weighted by molar-refractivity contribution is 7.89. The lowest BCUT2D eigenvalue weighted by atomic mass is 10.1. The maximum absolute atomic E-state index is 12.5. The van der Waals surface area contributed by atoms with Crippen LogP contribution in [0.2, 0.25) is 0 Å². The first-order valence-electron chi connectivity index (χ1n) is 9.56. The summed E-state index contributed by atoms with van der Waals surface area (Å²) in [5.74, 6) is -1.73. The first-order chi connectivity index (χ1) is 14.3. The van der Waals surface area contributed by atoms with Crippen molar-refractivity contribution in [1.82, 2.24) is 4.72 Å². The lowest BCUT2D eigenvalue weighted by molar-refractivity contribution is -0.132. The molecule has 0 spiro atoms. The Labute approximate surface area is 174 Å². The molecule has 154 valence electrons. The van der Waals surface area contributed by atoms with Gasteiger partial charge in [-0.15, -0.1) is 0 Å². The largest absolute Gasteiger partial charge is 0.318 e. The Kier molecular flexibility index (Phi) is 5.27. The van der Waals surface area contributed by atoms with Crippen LogP contribution >= 0.6 is 0 Å². The number of benzene rings is 3. The van der Waals surface area contributed by atoms with Gasteiger partial charge in [-0.25, -0.2) is 13.1 Å². The molecule has 0 atom stereocenters. The number of carbonyl (C=O) groups is 2. The minimum atomic E-state index is -3.68. The fraction of sp³-hybridized carbons (Fsp3) is 0.182. The van der Waals surface area contributed by atoms with Crippen LogP contribution in [0.1, 0.15) is 18.4 Å². The van der Waals surface area contributed by atoms with Crippen LogP contribution in [-0.4, -0.2) is 26.3 Å². The number of rotatable bonds is 5. The number of fused-ring (bicyclic) bond motifs is 1. The Morgan fingerprint density at radius 3 is 2.10 bits per heavy atom. The monoisotopic (exact) mass is 423 g/mol. The van der Waals surface area contributed by atoms with E-state index in [1.807, 2.05) is 30.3 Å². The van der Waals surface area contributed by atoms with E-state index in [1.54, 1.807) is 31.2 Å². The second-order valence-corrected chi connectivity index (χ2v) is 9.03. The van der Waals surface area contributed by atoms with Gasteiger partial charge < -0.3 is 10.6 Å². The molecule has 0 bridgehead atoms. The predicted octanol–water partition coefficient (Wildman–Crippen LogP) is 3.17. The maximum Gasteiger partial charge on any atom is 0.314 e. The Hall–Kier alpha value is -3.23. The predicted molar refractivity (Wildman–Crippen MR) is 116 cm³/mol. The molecular weight excluding hydrogens is 402 g/mol. The molecule has 8 heteroatoms. The second-order valence-electron chi connectivity index (χ2n) is 7.35. The molecular formula is C22H21N3O4S. The average Bonchev–Trinajstić information content (AvgIpc) is 3.52. The summed E-state index contributed by atoms with van der Waals surface area (Å²) in [6.45, 7) is 1.68.